The van der Waals surface area contributed by atoms with Gasteiger partial charge in [-0.15, -0.1) is 0 Å². The van der Waals surface area contributed by atoms with Gasteiger partial charge in [-0.25, -0.2) is 4.98 Å². The highest BCUT2D eigenvalue weighted by Crippen LogP contribution is 2.35. The van der Waals surface area contributed by atoms with Gasteiger partial charge in [0.2, 0.25) is 11.8 Å². The number of carbonyl (C=O) groups is 3. The van der Waals surface area contributed by atoms with Crippen LogP contribution in [-0.2, 0) is 19.1 Å². The van der Waals surface area contributed by atoms with E-state index in [0.29, 0.717) is 69.9 Å². The number of H-pyrrole nitrogens is 1. The summed E-state index contributed by atoms with van der Waals surface area (Å²) in [6.07, 6.45) is 8.17. The molecule has 210 valence electrons. The molecule has 1 aromatic heterocycles. The van der Waals surface area contributed by atoms with Crippen LogP contribution in [0.15, 0.2) is 54.6 Å². The van der Waals surface area contributed by atoms with Gasteiger partial charge in [-0.2, -0.15) is 0 Å². The standard InChI is InChI=1S/C26H26Cl2N6O2.C2H4O2/c1-30-17-9-10-18-21(14-17)32-22(35)6-4-2-3-5-20(26-33-24(18)25(28)34-26)31-23(36)12-7-15-13-16(27)8-11-19(15)29;1-4-2-3/h2-3,7-14,20,30H,4-6,29H2,1H3,(H,31,36)(H,32,35)(H,33,34);2H,1H3/b3-2+,12-7+;/t20-;/m0./s1. The van der Waals surface area contributed by atoms with Crippen LogP contribution in [0.25, 0.3) is 17.3 Å². The molecule has 2 amide bonds. The first-order valence-electron chi connectivity index (χ1n) is 12.3. The lowest BCUT2D eigenvalue weighted by molar-refractivity contribution is -0.126. The predicted molar refractivity (Wildman–Crippen MR) is 159 cm³/mol. The van der Waals surface area contributed by atoms with E-state index in [1.54, 1.807) is 31.3 Å². The van der Waals surface area contributed by atoms with Crippen molar-refractivity contribution < 1.29 is 19.1 Å². The van der Waals surface area contributed by atoms with Gasteiger partial charge in [0.25, 0.3) is 6.47 Å². The average molecular weight is 585 g/mol. The molecule has 0 spiro atoms. The van der Waals surface area contributed by atoms with Crippen LogP contribution >= 0.6 is 23.2 Å². The highest BCUT2D eigenvalue weighted by atomic mass is 35.5. The van der Waals surface area contributed by atoms with Crippen molar-refractivity contribution in [1.82, 2.24) is 15.3 Å². The smallest absolute Gasteiger partial charge is 0.292 e. The summed E-state index contributed by atoms with van der Waals surface area (Å²) in [5, 5.41) is 9.83. The third-order valence-electron chi connectivity index (χ3n) is 5.80. The number of nitrogens with one attached hydrogen (secondary N) is 4. The molecule has 1 aliphatic rings. The number of fused-ring (bicyclic) bond motifs is 4. The van der Waals surface area contributed by atoms with Crippen molar-refractivity contribution in [2.75, 3.05) is 30.5 Å². The number of rotatable bonds is 5. The van der Waals surface area contributed by atoms with Gasteiger partial charge < -0.3 is 31.4 Å². The number of amides is 2. The summed E-state index contributed by atoms with van der Waals surface area (Å²) in [6, 6.07) is 10.1. The average Bonchev–Trinajstić information content (AvgIpc) is 3.33. The van der Waals surface area contributed by atoms with Gasteiger partial charge in [0, 0.05) is 41.5 Å². The molecule has 1 atom stereocenters. The molecule has 0 saturated carbocycles. The second-order valence-electron chi connectivity index (χ2n) is 8.59. The number of ether oxygens (including phenoxy) is 1. The quantitative estimate of drug-likeness (QED) is 0.117. The number of nitrogens with zero attached hydrogens (tertiary/aromatic N) is 1. The maximum absolute atomic E-state index is 12.8. The Labute approximate surface area is 242 Å². The Morgan fingerprint density at radius 2 is 1.98 bits per heavy atom. The van der Waals surface area contributed by atoms with Crippen molar-refractivity contribution in [3.63, 3.8) is 0 Å². The first-order valence-corrected chi connectivity index (χ1v) is 13.0. The Balaban J connectivity index is 0.00000103. The van der Waals surface area contributed by atoms with E-state index in [1.165, 1.54) is 13.2 Å². The minimum absolute atomic E-state index is 0.115. The van der Waals surface area contributed by atoms with Crippen LogP contribution in [0.1, 0.15) is 36.7 Å². The van der Waals surface area contributed by atoms with E-state index in [2.05, 4.69) is 25.7 Å². The van der Waals surface area contributed by atoms with Crippen molar-refractivity contribution in [3.05, 3.63) is 76.2 Å². The second kappa shape index (κ2) is 14.8. The molecule has 0 fully saturated rings. The molecule has 4 rings (SSSR count). The number of imidazole rings is 1. The summed E-state index contributed by atoms with van der Waals surface area (Å²) in [5.74, 6) is 0.0514. The zero-order valence-electron chi connectivity index (χ0n) is 22.0. The normalized spacial score (nSPS) is 15.6. The van der Waals surface area contributed by atoms with Gasteiger partial charge in [-0.3, -0.25) is 14.4 Å². The fourth-order valence-electron chi connectivity index (χ4n) is 3.81. The molecule has 40 heavy (non-hydrogen) atoms. The molecule has 6 N–H and O–H groups in total. The highest BCUT2D eigenvalue weighted by Gasteiger charge is 2.22. The summed E-state index contributed by atoms with van der Waals surface area (Å²) in [4.78, 5) is 42.1. The van der Waals surface area contributed by atoms with E-state index in [0.717, 1.165) is 5.69 Å². The van der Waals surface area contributed by atoms with E-state index in [9.17, 15) is 9.59 Å². The number of anilines is 3. The molecule has 0 aliphatic carbocycles. The van der Waals surface area contributed by atoms with Crippen molar-refractivity contribution >= 4 is 64.6 Å². The first kappa shape index (κ1) is 30.3. The summed E-state index contributed by atoms with van der Waals surface area (Å²) in [6.45, 7) is 0.375. The zero-order valence-corrected chi connectivity index (χ0v) is 23.5. The van der Waals surface area contributed by atoms with Crippen molar-refractivity contribution in [3.8, 4) is 11.3 Å². The number of hydrogen-bond donors (Lipinski definition) is 5. The van der Waals surface area contributed by atoms with Gasteiger partial charge in [0.05, 0.1) is 18.8 Å². The second-order valence-corrected chi connectivity index (χ2v) is 9.40. The van der Waals surface area contributed by atoms with E-state index in [1.807, 2.05) is 30.4 Å². The van der Waals surface area contributed by atoms with Gasteiger partial charge in [0.15, 0.2) is 0 Å². The number of halogens is 2. The number of methoxy groups -OCH3 is 1. The molecular formula is C28H30Cl2N6O4. The first-order chi connectivity index (χ1) is 19.2. The highest BCUT2D eigenvalue weighted by molar-refractivity contribution is 6.32. The Morgan fingerprint density at radius 1 is 1.20 bits per heavy atom. The van der Waals surface area contributed by atoms with E-state index in [-0.39, 0.29) is 11.8 Å². The number of aromatic nitrogens is 2. The molecule has 1 aliphatic heterocycles. The Morgan fingerprint density at radius 3 is 2.70 bits per heavy atom. The van der Waals surface area contributed by atoms with Crippen LogP contribution in [0.5, 0.6) is 0 Å². The topological polar surface area (TPSA) is 151 Å². The van der Waals surface area contributed by atoms with Gasteiger partial charge in [-0.05, 0) is 60.9 Å². The van der Waals surface area contributed by atoms with Crippen molar-refractivity contribution in [1.29, 1.82) is 0 Å². The number of allylic oxidation sites excluding steroid dienone is 1. The molecule has 2 bridgehead atoms. The van der Waals surface area contributed by atoms with Crippen LogP contribution in [0.2, 0.25) is 10.2 Å². The van der Waals surface area contributed by atoms with Crippen LogP contribution in [0.3, 0.4) is 0 Å². The fourth-order valence-corrected chi connectivity index (χ4v) is 4.24. The molecule has 2 aromatic carbocycles. The van der Waals surface area contributed by atoms with Crippen LogP contribution in [-0.4, -0.2) is 42.4 Å². The number of aromatic amines is 1. The number of hydrogen-bond acceptors (Lipinski definition) is 7. The van der Waals surface area contributed by atoms with Crippen LogP contribution < -0.4 is 21.7 Å². The van der Waals surface area contributed by atoms with E-state index < -0.39 is 6.04 Å². The Bertz CT molecular complexity index is 1420. The molecule has 10 nitrogen and oxygen atoms in total. The van der Waals surface area contributed by atoms with Gasteiger partial charge in [-0.1, -0.05) is 35.4 Å². The predicted octanol–water partition coefficient (Wildman–Crippen LogP) is 5.35. The Hall–Kier alpha value is -4.28. The van der Waals surface area contributed by atoms with Crippen molar-refractivity contribution in [2.24, 2.45) is 0 Å². The summed E-state index contributed by atoms with van der Waals surface area (Å²) in [7, 11) is 3.11. The fraction of sp³-hybridized carbons (Fsp3) is 0.214. The lowest BCUT2D eigenvalue weighted by Gasteiger charge is -2.14. The number of benzene rings is 2. The SMILES string of the molecule is CNc1ccc2c(c1)NC(=O)CC/C=C/C[C@H](NC(=O)/C=C/c1cc(Cl)ccc1N)c1nc-2c(Cl)[nH]1.COC=O. The molecule has 3 aromatic rings. The largest absolute Gasteiger partial charge is 0.471 e. The monoisotopic (exact) mass is 584 g/mol. The molecular weight excluding hydrogens is 555 g/mol. The Kier molecular flexibility index (Phi) is 11.2. The maximum atomic E-state index is 12.8. The number of nitrogen functional groups attached to an aromatic ring is 1. The summed E-state index contributed by atoms with van der Waals surface area (Å²) < 4.78 is 3.86. The molecule has 0 radical (unpaired) electrons. The minimum atomic E-state index is -0.481. The zero-order chi connectivity index (χ0) is 29.1. The third kappa shape index (κ3) is 8.36. The van der Waals surface area contributed by atoms with Gasteiger partial charge >= 0.3 is 0 Å². The maximum Gasteiger partial charge on any atom is 0.292 e. The summed E-state index contributed by atoms with van der Waals surface area (Å²) in [5.41, 5.74) is 9.71. The van der Waals surface area contributed by atoms with E-state index in [4.69, 9.17) is 38.7 Å². The van der Waals surface area contributed by atoms with Crippen LogP contribution in [0.4, 0.5) is 17.1 Å². The molecule has 0 unspecified atom stereocenters. The lowest BCUT2D eigenvalue weighted by Crippen LogP contribution is -2.27. The summed E-state index contributed by atoms with van der Waals surface area (Å²) >= 11 is 12.6. The van der Waals surface area contributed by atoms with Crippen molar-refractivity contribution in [2.45, 2.75) is 25.3 Å². The van der Waals surface area contributed by atoms with E-state index >= 15 is 0 Å². The third-order valence-corrected chi connectivity index (χ3v) is 6.31. The van der Waals surface area contributed by atoms with Crippen LogP contribution in [0, 0.1) is 0 Å². The molecule has 12 heteroatoms. The van der Waals surface area contributed by atoms with Gasteiger partial charge in [0.1, 0.15) is 16.7 Å². The molecule has 0 saturated heterocycles. The lowest BCUT2D eigenvalue weighted by atomic mass is 10.1. The minimum Gasteiger partial charge on any atom is -0.471 e. The number of nitrogens with two attached hydrogens (primary N) is 1. The molecule has 2 heterocycles. The number of carbonyl (C=O) groups excluding carboxylic acids is 3.